The summed E-state index contributed by atoms with van der Waals surface area (Å²) in [6, 6.07) is 11.6. The molecule has 2 aromatic rings. The van der Waals surface area contributed by atoms with Crippen molar-refractivity contribution in [2.45, 2.75) is 25.3 Å². The summed E-state index contributed by atoms with van der Waals surface area (Å²) in [6.45, 7) is 0. The lowest BCUT2D eigenvalue weighted by atomic mass is 9.88. The molecule has 1 atom stereocenters. The van der Waals surface area contributed by atoms with Crippen LogP contribution in [0.3, 0.4) is 0 Å². The van der Waals surface area contributed by atoms with E-state index in [-0.39, 0.29) is 23.1 Å². The molecule has 1 aromatic carbocycles. The number of fused-ring (bicyclic) bond motifs is 1. The number of amides is 1. The van der Waals surface area contributed by atoms with E-state index in [2.05, 4.69) is 22.4 Å². The van der Waals surface area contributed by atoms with Gasteiger partial charge >= 0.3 is 0 Å². The van der Waals surface area contributed by atoms with E-state index >= 15 is 0 Å². The highest BCUT2D eigenvalue weighted by molar-refractivity contribution is 5.93. The standard InChI is InChI=1S/C16H16N2O2/c19-15-14(6-3-9-17-15)16(20)18-13-8-7-11-4-1-2-5-12(11)10-13/h1-6,9,13H,7-8,10H2,(H,17,19)(H,18,20). The molecule has 0 saturated heterocycles. The Labute approximate surface area is 116 Å². The Bertz CT molecular complexity index is 691. The molecular formula is C16H16N2O2. The second-order valence-corrected chi connectivity index (χ2v) is 5.09. The highest BCUT2D eigenvalue weighted by atomic mass is 16.2. The summed E-state index contributed by atoms with van der Waals surface area (Å²) in [6.07, 6.45) is 4.22. The highest BCUT2D eigenvalue weighted by Crippen LogP contribution is 2.21. The molecule has 0 radical (unpaired) electrons. The van der Waals surface area contributed by atoms with Crippen LogP contribution in [0, 0.1) is 0 Å². The number of H-pyrrole nitrogens is 1. The van der Waals surface area contributed by atoms with Crippen LogP contribution in [0.1, 0.15) is 27.9 Å². The van der Waals surface area contributed by atoms with Crippen LogP contribution < -0.4 is 10.9 Å². The molecule has 102 valence electrons. The van der Waals surface area contributed by atoms with Crippen molar-refractivity contribution in [2.24, 2.45) is 0 Å². The zero-order valence-electron chi connectivity index (χ0n) is 11.1. The van der Waals surface area contributed by atoms with Crippen molar-refractivity contribution < 1.29 is 4.79 Å². The maximum Gasteiger partial charge on any atom is 0.260 e. The molecule has 4 heteroatoms. The van der Waals surface area contributed by atoms with Gasteiger partial charge in [-0.15, -0.1) is 0 Å². The molecule has 1 aliphatic rings. The largest absolute Gasteiger partial charge is 0.349 e. The van der Waals surface area contributed by atoms with Crippen molar-refractivity contribution in [3.05, 3.63) is 69.6 Å². The van der Waals surface area contributed by atoms with E-state index in [1.807, 2.05) is 12.1 Å². The number of hydrogen-bond donors (Lipinski definition) is 2. The number of aromatic amines is 1. The van der Waals surface area contributed by atoms with Gasteiger partial charge in [-0.25, -0.2) is 0 Å². The van der Waals surface area contributed by atoms with Gasteiger partial charge in [0, 0.05) is 12.2 Å². The fraction of sp³-hybridized carbons (Fsp3) is 0.250. The third-order valence-electron chi connectivity index (χ3n) is 3.74. The van der Waals surface area contributed by atoms with Crippen molar-refractivity contribution in [2.75, 3.05) is 0 Å². The summed E-state index contributed by atoms with van der Waals surface area (Å²) >= 11 is 0. The van der Waals surface area contributed by atoms with E-state index < -0.39 is 0 Å². The van der Waals surface area contributed by atoms with Gasteiger partial charge in [-0.2, -0.15) is 0 Å². The number of benzene rings is 1. The molecule has 1 heterocycles. The van der Waals surface area contributed by atoms with Crippen LogP contribution in [0.5, 0.6) is 0 Å². The normalized spacial score (nSPS) is 17.3. The molecule has 1 aliphatic carbocycles. The zero-order valence-corrected chi connectivity index (χ0v) is 11.1. The number of carbonyl (C=O) groups excluding carboxylic acids is 1. The van der Waals surface area contributed by atoms with Crippen LogP contribution in [0.15, 0.2) is 47.4 Å². The minimum Gasteiger partial charge on any atom is -0.349 e. The summed E-state index contributed by atoms with van der Waals surface area (Å²) in [5, 5.41) is 2.96. The zero-order chi connectivity index (χ0) is 13.9. The molecule has 0 spiro atoms. The van der Waals surface area contributed by atoms with Crippen molar-refractivity contribution >= 4 is 5.91 Å². The number of carbonyl (C=O) groups is 1. The SMILES string of the molecule is O=C(NC1CCc2ccccc2C1)c1ccc[nH]c1=O. The molecule has 4 nitrogen and oxygen atoms in total. The van der Waals surface area contributed by atoms with Gasteiger partial charge < -0.3 is 10.3 Å². The van der Waals surface area contributed by atoms with Gasteiger partial charge in [0.1, 0.15) is 5.56 Å². The van der Waals surface area contributed by atoms with E-state index in [1.165, 1.54) is 17.3 Å². The van der Waals surface area contributed by atoms with Crippen LogP contribution in [0.2, 0.25) is 0 Å². The van der Waals surface area contributed by atoms with Crippen molar-refractivity contribution in [3.63, 3.8) is 0 Å². The number of hydrogen-bond acceptors (Lipinski definition) is 2. The predicted octanol–water partition coefficient (Wildman–Crippen LogP) is 1.66. The first-order chi connectivity index (χ1) is 9.74. The molecule has 0 saturated carbocycles. The van der Waals surface area contributed by atoms with E-state index in [1.54, 1.807) is 12.1 Å². The van der Waals surface area contributed by atoms with Crippen LogP contribution in [0.25, 0.3) is 0 Å². The topological polar surface area (TPSA) is 62.0 Å². The Morgan fingerprint density at radius 3 is 2.75 bits per heavy atom. The summed E-state index contributed by atoms with van der Waals surface area (Å²) in [5.41, 5.74) is 2.47. The smallest absolute Gasteiger partial charge is 0.260 e. The maximum atomic E-state index is 12.1. The number of aromatic nitrogens is 1. The predicted molar refractivity (Wildman–Crippen MR) is 76.8 cm³/mol. The van der Waals surface area contributed by atoms with Crippen molar-refractivity contribution in [3.8, 4) is 0 Å². The van der Waals surface area contributed by atoms with E-state index in [9.17, 15) is 9.59 Å². The number of rotatable bonds is 2. The molecule has 1 amide bonds. The van der Waals surface area contributed by atoms with Gasteiger partial charge in [-0.05, 0) is 42.5 Å². The quantitative estimate of drug-likeness (QED) is 0.870. The van der Waals surface area contributed by atoms with Crippen LogP contribution >= 0.6 is 0 Å². The summed E-state index contributed by atoms with van der Waals surface area (Å²) in [4.78, 5) is 26.2. The van der Waals surface area contributed by atoms with E-state index in [4.69, 9.17) is 0 Å². The Hall–Kier alpha value is -2.36. The van der Waals surface area contributed by atoms with E-state index in [0.29, 0.717) is 0 Å². The lowest BCUT2D eigenvalue weighted by Gasteiger charge is -2.25. The van der Waals surface area contributed by atoms with Crippen LogP contribution in [-0.2, 0) is 12.8 Å². The lowest BCUT2D eigenvalue weighted by Crippen LogP contribution is -2.40. The average Bonchev–Trinajstić information content (AvgIpc) is 2.47. The third kappa shape index (κ3) is 2.50. The maximum absolute atomic E-state index is 12.1. The number of pyridine rings is 1. The Morgan fingerprint density at radius 2 is 1.95 bits per heavy atom. The second-order valence-electron chi connectivity index (χ2n) is 5.09. The first kappa shape index (κ1) is 12.7. The van der Waals surface area contributed by atoms with Gasteiger partial charge in [0.15, 0.2) is 0 Å². The van der Waals surface area contributed by atoms with Gasteiger partial charge in [-0.1, -0.05) is 24.3 Å². The van der Waals surface area contributed by atoms with Gasteiger partial charge in [-0.3, -0.25) is 9.59 Å². The minimum absolute atomic E-state index is 0.0945. The third-order valence-corrected chi connectivity index (χ3v) is 3.74. The fourth-order valence-corrected chi connectivity index (χ4v) is 2.68. The second kappa shape index (κ2) is 5.33. The van der Waals surface area contributed by atoms with Gasteiger partial charge in [0.25, 0.3) is 11.5 Å². The van der Waals surface area contributed by atoms with Gasteiger partial charge in [0.2, 0.25) is 0 Å². The molecule has 20 heavy (non-hydrogen) atoms. The average molecular weight is 268 g/mol. The van der Waals surface area contributed by atoms with Crippen molar-refractivity contribution in [1.29, 1.82) is 0 Å². The molecule has 0 aliphatic heterocycles. The highest BCUT2D eigenvalue weighted by Gasteiger charge is 2.21. The molecule has 3 rings (SSSR count). The molecule has 0 fully saturated rings. The van der Waals surface area contributed by atoms with Crippen molar-refractivity contribution in [1.82, 2.24) is 10.3 Å². The lowest BCUT2D eigenvalue weighted by molar-refractivity contribution is 0.0932. The minimum atomic E-state index is -0.346. The van der Waals surface area contributed by atoms with E-state index in [0.717, 1.165) is 19.3 Å². The summed E-state index contributed by atoms with van der Waals surface area (Å²) < 4.78 is 0. The Kier molecular flexibility index (Phi) is 3.37. The molecule has 2 N–H and O–H groups in total. The van der Waals surface area contributed by atoms with Gasteiger partial charge in [0.05, 0.1) is 0 Å². The molecule has 0 bridgehead atoms. The summed E-state index contributed by atoms with van der Waals surface area (Å²) in [5.74, 6) is -0.295. The first-order valence-electron chi connectivity index (χ1n) is 6.79. The number of aryl methyl sites for hydroxylation is 1. The molecule has 1 unspecified atom stereocenters. The van der Waals surface area contributed by atoms with Crippen LogP contribution in [-0.4, -0.2) is 16.9 Å². The molecule has 1 aromatic heterocycles. The Balaban J connectivity index is 1.73. The first-order valence-corrected chi connectivity index (χ1v) is 6.79. The monoisotopic (exact) mass is 268 g/mol. The fourth-order valence-electron chi connectivity index (χ4n) is 2.68. The molecular weight excluding hydrogens is 252 g/mol. The number of nitrogens with one attached hydrogen (secondary N) is 2. The summed E-state index contributed by atoms with van der Waals surface area (Å²) in [7, 11) is 0. The van der Waals surface area contributed by atoms with Crippen LogP contribution in [0.4, 0.5) is 0 Å². The Morgan fingerprint density at radius 1 is 1.15 bits per heavy atom.